The summed E-state index contributed by atoms with van der Waals surface area (Å²) in [5.74, 6) is 0. The van der Waals surface area contributed by atoms with E-state index in [1.54, 1.807) is 0 Å². The Labute approximate surface area is 477 Å². The van der Waals surface area contributed by atoms with Gasteiger partial charge in [0, 0.05) is 27.7 Å². The van der Waals surface area contributed by atoms with Crippen LogP contribution in [0, 0.1) is 0 Å². The summed E-state index contributed by atoms with van der Waals surface area (Å²) in [6, 6.07) is 118. The molecule has 3 aliphatic rings. The molecule has 0 N–H and O–H groups in total. The molecule has 0 amide bonds. The van der Waals surface area contributed by atoms with E-state index in [1.165, 1.54) is 128 Å². The van der Waals surface area contributed by atoms with Gasteiger partial charge in [0.15, 0.2) is 0 Å². The van der Waals surface area contributed by atoms with Gasteiger partial charge >= 0.3 is 0 Å². The molecule has 0 radical (unpaired) electrons. The van der Waals surface area contributed by atoms with Crippen LogP contribution in [0.1, 0.15) is 44.5 Å². The average Bonchev–Trinajstić information content (AvgIpc) is 1.70. The lowest BCUT2D eigenvalue weighted by Gasteiger charge is -2.39. The van der Waals surface area contributed by atoms with Gasteiger partial charge in [0.25, 0.3) is 0 Å². The minimum Gasteiger partial charge on any atom is -0.310 e. The monoisotopic (exact) mass is 1040 g/mol. The highest BCUT2D eigenvalue weighted by molar-refractivity contribution is 6.13. The predicted molar refractivity (Wildman–Crippen MR) is 340 cm³/mol. The van der Waals surface area contributed by atoms with E-state index in [0.29, 0.717) is 0 Å². The maximum atomic E-state index is 2.52. The Morgan fingerprint density at radius 3 is 1.39 bits per heavy atom. The van der Waals surface area contributed by atoms with Gasteiger partial charge in [0.05, 0.1) is 33.2 Å². The molecule has 0 saturated heterocycles. The number of hydrogen-bond donors (Lipinski definition) is 0. The zero-order valence-electron chi connectivity index (χ0n) is 44.9. The van der Waals surface area contributed by atoms with E-state index >= 15 is 0 Å². The third-order valence-electron chi connectivity index (χ3n) is 18.3. The molecule has 0 bridgehead atoms. The molecule has 382 valence electrons. The number of anilines is 3. The van der Waals surface area contributed by atoms with Crippen LogP contribution in [-0.2, 0) is 10.8 Å². The van der Waals surface area contributed by atoms with Crippen molar-refractivity contribution in [2.45, 2.75) is 10.8 Å². The fourth-order valence-corrected chi connectivity index (χ4v) is 14.9. The number of aromatic nitrogens is 1. The zero-order chi connectivity index (χ0) is 53.9. The van der Waals surface area contributed by atoms with E-state index in [0.717, 1.165) is 17.1 Å². The third-order valence-corrected chi connectivity index (χ3v) is 18.3. The standard InChI is InChI=1S/C80H52N2/c1-4-20-53(21-5-1)54-38-40-55(41-39-54)56-42-47-61(48-43-56)81(76-37-19-33-71-77(76)67-28-11-14-31-69(67)79(71,59-22-6-2-7-23-59)60-24-8-3-9-25-60)62-49-44-57(45-50-62)58-46-51-64-63-26-10-13-30-68(63)80(73(64)52-58)70-32-15-17-36-75(70)82-74-35-16-12-27-65(74)66-29-18-34-72(80)78(66)82/h1-52H. The first kappa shape index (κ1) is 46.4. The van der Waals surface area contributed by atoms with Crippen molar-refractivity contribution in [1.29, 1.82) is 0 Å². The molecule has 82 heavy (non-hydrogen) atoms. The van der Waals surface area contributed by atoms with Crippen LogP contribution in [0.15, 0.2) is 315 Å². The summed E-state index contributed by atoms with van der Waals surface area (Å²) in [5, 5.41) is 2.57. The van der Waals surface area contributed by atoms with Crippen molar-refractivity contribution in [3.63, 3.8) is 0 Å². The van der Waals surface area contributed by atoms with E-state index in [4.69, 9.17) is 0 Å². The highest BCUT2D eigenvalue weighted by Crippen LogP contribution is 2.63. The Morgan fingerprint density at radius 2 is 0.720 bits per heavy atom. The molecule has 14 aromatic rings. The molecule has 17 rings (SSSR count). The molecule has 2 heterocycles. The minimum absolute atomic E-state index is 0.534. The van der Waals surface area contributed by atoms with Gasteiger partial charge in [0.2, 0.25) is 0 Å². The molecule has 1 spiro atoms. The third kappa shape index (κ3) is 6.46. The number of nitrogens with zero attached hydrogens (tertiary/aromatic N) is 2. The largest absolute Gasteiger partial charge is 0.310 e. The first-order valence-corrected chi connectivity index (χ1v) is 28.6. The van der Waals surface area contributed by atoms with Gasteiger partial charge < -0.3 is 9.47 Å². The molecule has 13 aromatic carbocycles. The summed E-state index contributed by atoms with van der Waals surface area (Å²) in [6.45, 7) is 0. The number of rotatable bonds is 8. The fourth-order valence-electron chi connectivity index (χ4n) is 14.9. The second-order valence-corrected chi connectivity index (χ2v) is 22.2. The van der Waals surface area contributed by atoms with Crippen molar-refractivity contribution >= 4 is 38.9 Å². The van der Waals surface area contributed by atoms with Crippen LogP contribution in [0.4, 0.5) is 17.1 Å². The Balaban J connectivity index is 0.838. The molecule has 2 aliphatic carbocycles. The zero-order valence-corrected chi connectivity index (χ0v) is 44.9. The van der Waals surface area contributed by atoms with E-state index in [2.05, 4.69) is 325 Å². The lowest BCUT2D eigenvalue weighted by molar-refractivity contribution is 0.749. The number of hydrogen-bond acceptors (Lipinski definition) is 1. The maximum absolute atomic E-state index is 2.52. The normalized spacial score (nSPS) is 14.7. The van der Waals surface area contributed by atoms with Crippen molar-refractivity contribution in [3.05, 3.63) is 360 Å². The van der Waals surface area contributed by atoms with E-state index in [-0.39, 0.29) is 0 Å². The molecule has 2 nitrogen and oxygen atoms in total. The predicted octanol–water partition coefficient (Wildman–Crippen LogP) is 20.3. The summed E-state index contributed by atoms with van der Waals surface area (Å²) in [6.07, 6.45) is 0. The highest BCUT2D eigenvalue weighted by atomic mass is 15.1. The Hall–Kier alpha value is -10.5. The Morgan fingerprint density at radius 1 is 0.268 bits per heavy atom. The molecule has 1 aliphatic heterocycles. The van der Waals surface area contributed by atoms with Crippen LogP contribution >= 0.6 is 0 Å². The smallest absolute Gasteiger partial charge is 0.0754 e. The van der Waals surface area contributed by atoms with E-state index < -0.39 is 10.8 Å². The van der Waals surface area contributed by atoms with Crippen LogP contribution < -0.4 is 4.90 Å². The fraction of sp³-hybridized carbons (Fsp3) is 0.0250. The molecular weight excluding hydrogens is 989 g/mol. The number of fused-ring (bicyclic) bond motifs is 15. The highest BCUT2D eigenvalue weighted by Gasteiger charge is 2.51. The maximum Gasteiger partial charge on any atom is 0.0754 e. The summed E-state index contributed by atoms with van der Waals surface area (Å²) >= 11 is 0. The van der Waals surface area contributed by atoms with E-state index in [9.17, 15) is 0 Å². The van der Waals surface area contributed by atoms with Crippen LogP contribution in [0.2, 0.25) is 0 Å². The van der Waals surface area contributed by atoms with Gasteiger partial charge in [-0.05, 0) is 143 Å². The Bertz CT molecular complexity index is 4780. The summed E-state index contributed by atoms with van der Waals surface area (Å²) < 4.78 is 2.52. The minimum atomic E-state index is -0.540. The van der Waals surface area contributed by atoms with Gasteiger partial charge in [-0.25, -0.2) is 0 Å². The van der Waals surface area contributed by atoms with Gasteiger partial charge in [-0.2, -0.15) is 0 Å². The van der Waals surface area contributed by atoms with Crippen molar-refractivity contribution in [2.75, 3.05) is 4.90 Å². The molecular formula is C80H52N2. The molecule has 1 unspecified atom stereocenters. The van der Waals surface area contributed by atoms with Crippen molar-refractivity contribution in [1.82, 2.24) is 4.57 Å². The second kappa shape index (κ2) is 18.0. The number of benzene rings is 13. The molecule has 2 heteroatoms. The Kier molecular flexibility index (Phi) is 10.2. The first-order chi connectivity index (χ1) is 40.7. The van der Waals surface area contributed by atoms with Gasteiger partial charge in [-0.3, -0.25) is 0 Å². The van der Waals surface area contributed by atoms with Crippen molar-refractivity contribution in [3.8, 4) is 61.3 Å². The topological polar surface area (TPSA) is 8.17 Å². The van der Waals surface area contributed by atoms with Crippen LogP contribution in [-0.4, -0.2) is 4.57 Å². The van der Waals surface area contributed by atoms with Gasteiger partial charge in [-0.15, -0.1) is 0 Å². The molecule has 0 fully saturated rings. The van der Waals surface area contributed by atoms with Gasteiger partial charge in [0.1, 0.15) is 0 Å². The van der Waals surface area contributed by atoms with Crippen LogP contribution in [0.3, 0.4) is 0 Å². The lowest BCUT2D eigenvalue weighted by atomic mass is 9.65. The second-order valence-electron chi connectivity index (χ2n) is 22.2. The summed E-state index contributed by atoms with van der Waals surface area (Å²) in [7, 11) is 0. The first-order valence-electron chi connectivity index (χ1n) is 28.6. The molecule has 1 atom stereocenters. The average molecular weight is 1040 g/mol. The SMILES string of the molecule is c1ccc(-c2ccc(-c3ccc(N(c4ccc(-c5ccc6c(c5)C5(c7ccccc7-6)c6ccccc6-n6c7ccccc7c7cccc5c76)cc4)c4cccc5c4-c4ccccc4C5(c4ccccc4)c4ccccc4)cc3)cc2)cc1. The van der Waals surface area contributed by atoms with Crippen molar-refractivity contribution < 1.29 is 0 Å². The quantitative estimate of drug-likeness (QED) is 0.147. The van der Waals surface area contributed by atoms with E-state index in [1.807, 2.05) is 0 Å². The van der Waals surface area contributed by atoms with Crippen LogP contribution in [0.25, 0.3) is 83.1 Å². The number of para-hydroxylation sites is 3. The van der Waals surface area contributed by atoms with Crippen molar-refractivity contribution in [2.24, 2.45) is 0 Å². The summed E-state index contributed by atoms with van der Waals surface area (Å²) in [5.41, 5.74) is 28.5. The summed E-state index contributed by atoms with van der Waals surface area (Å²) in [4.78, 5) is 2.49. The molecule has 1 aromatic heterocycles. The lowest BCUT2D eigenvalue weighted by Crippen LogP contribution is -2.33. The molecule has 0 saturated carbocycles. The van der Waals surface area contributed by atoms with Crippen LogP contribution in [0.5, 0.6) is 0 Å². The van der Waals surface area contributed by atoms with Gasteiger partial charge in [-0.1, -0.05) is 267 Å².